The molecule has 0 aliphatic carbocycles. The maximum absolute atomic E-state index is 9.86. The Morgan fingerprint density at radius 1 is 1.35 bits per heavy atom. The number of hydrogen-bond acceptors (Lipinski definition) is 3. The van der Waals surface area contributed by atoms with Crippen molar-refractivity contribution in [1.29, 1.82) is 0 Å². The fourth-order valence-corrected chi connectivity index (χ4v) is 2.27. The zero-order chi connectivity index (χ0) is 12.5. The van der Waals surface area contributed by atoms with Crippen molar-refractivity contribution in [2.45, 2.75) is 64.6 Å². The van der Waals surface area contributed by atoms with Gasteiger partial charge in [0, 0.05) is 13.2 Å². The first kappa shape index (κ1) is 14.9. The summed E-state index contributed by atoms with van der Waals surface area (Å²) in [4.78, 5) is 0. The van der Waals surface area contributed by atoms with E-state index >= 15 is 0 Å². The molecule has 0 amide bonds. The Kier molecular flexibility index (Phi) is 7.82. The number of rotatable bonds is 9. The van der Waals surface area contributed by atoms with Crippen LogP contribution in [0.4, 0.5) is 0 Å². The van der Waals surface area contributed by atoms with E-state index in [1.54, 1.807) is 0 Å². The van der Waals surface area contributed by atoms with Crippen molar-refractivity contribution in [3.8, 4) is 0 Å². The van der Waals surface area contributed by atoms with Crippen molar-refractivity contribution in [1.82, 2.24) is 0 Å². The van der Waals surface area contributed by atoms with E-state index < -0.39 is 6.10 Å². The second kappa shape index (κ2) is 8.90. The Hall–Kier alpha value is -0.120. The molecule has 3 unspecified atom stereocenters. The topological polar surface area (TPSA) is 38.7 Å². The molecule has 1 fully saturated rings. The summed E-state index contributed by atoms with van der Waals surface area (Å²) in [5.41, 5.74) is 0. The summed E-state index contributed by atoms with van der Waals surface area (Å²) < 4.78 is 11.1. The normalized spacial score (nSPS) is 23.8. The third kappa shape index (κ3) is 5.84. The SMILES string of the molecule is CCCCC(CC)COCC(O)C1CCCO1. The smallest absolute Gasteiger partial charge is 0.103 e. The highest BCUT2D eigenvalue weighted by molar-refractivity contribution is 4.73. The predicted octanol–water partition coefficient (Wildman–Crippen LogP) is 2.76. The van der Waals surface area contributed by atoms with E-state index in [0.29, 0.717) is 12.5 Å². The van der Waals surface area contributed by atoms with Crippen LogP contribution in [0.2, 0.25) is 0 Å². The minimum absolute atomic E-state index is 0.00529. The zero-order valence-electron chi connectivity index (χ0n) is 11.4. The Morgan fingerprint density at radius 2 is 2.18 bits per heavy atom. The van der Waals surface area contributed by atoms with E-state index in [4.69, 9.17) is 9.47 Å². The second-order valence-electron chi connectivity index (χ2n) is 5.07. The number of hydrogen-bond donors (Lipinski definition) is 1. The third-order valence-electron chi connectivity index (χ3n) is 3.58. The number of ether oxygens (including phenoxy) is 2. The third-order valence-corrected chi connectivity index (χ3v) is 3.58. The molecular formula is C14H28O3. The van der Waals surface area contributed by atoms with Gasteiger partial charge in [-0.1, -0.05) is 33.1 Å². The summed E-state index contributed by atoms with van der Waals surface area (Å²) in [6.45, 7) is 6.42. The maximum Gasteiger partial charge on any atom is 0.103 e. The highest BCUT2D eigenvalue weighted by atomic mass is 16.5. The summed E-state index contributed by atoms with van der Waals surface area (Å²) in [7, 11) is 0. The Labute approximate surface area is 105 Å². The molecule has 3 atom stereocenters. The molecule has 3 nitrogen and oxygen atoms in total. The van der Waals surface area contributed by atoms with Crippen LogP contribution in [0.5, 0.6) is 0 Å². The van der Waals surface area contributed by atoms with Crippen LogP contribution in [-0.2, 0) is 9.47 Å². The summed E-state index contributed by atoms with van der Waals surface area (Å²) in [5, 5.41) is 9.86. The van der Waals surface area contributed by atoms with Crippen molar-refractivity contribution in [2.75, 3.05) is 19.8 Å². The van der Waals surface area contributed by atoms with Gasteiger partial charge in [0.15, 0.2) is 0 Å². The minimum Gasteiger partial charge on any atom is -0.388 e. The first-order valence-electron chi connectivity index (χ1n) is 7.15. The average molecular weight is 244 g/mol. The molecule has 1 rings (SSSR count). The number of aliphatic hydroxyl groups excluding tert-OH is 1. The van der Waals surface area contributed by atoms with Gasteiger partial charge in [-0.2, -0.15) is 0 Å². The van der Waals surface area contributed by atoms with Gasteiger partial charge < -0.3 is 14.6 Å². The number of aliphatic hydroxyl groups is 1. The molecule has 0 radical (unpaired) electrons. The van der Waals surface area contributed by atoms with E-state index in [1.807, 2.05) is 0 Å². The lowest BCUT2D eigenvalue weighted by atomic mass is 10.0. The van der Waals surface area contributed by atoms with E-state index in [-0.39, 0.29) is 6.10 Å². The molecule has 3 heteroatoms. The molecule has 0 aromatic heterocycles. The van der Waals surface area contributed by atoms with Crippen LogP contribution < -0.4 is 0 Å². The number of unbranched alkanes of at least 4 members (excludes halogenated alkanes) is 1. The monoisotopic (exact) mass is 244 g/mol. The molecule has 1 aliphatic heterocycles. The predicted molar refractivity (Wildman–Crippen MR) is 69.1 cm³/mol. The summed E-state index contributed by atoms with van der Waals surface area (Å²) in [5.74, 6) is 0.645. The van der Waals surface area contributed by atoms with Crippen LogP contribution in [0, 0.1) is 5.92 Å². The van der Waals surface area contributed by atoms with Gasteiger partial charge in [-0.15, -0.1) is 0 Å². The minimum atomic E-state index is -0.443. The lowest BCUT2D eigenvalue weighted by Crippen LogP contribution is -2.30. The Balaban J connectivity index is 2.07. The van der Waals surface area contributed by atoms with Crippen molar-refractivity contribution in [3.63, 3.8) is 0 Å². The van der Waals surface area contributed by atoms with Crippen LogP contribution in [0.15, 0.2) is 0 Å². The first-order chi connectivity index (χ1) is 8.27. The van der Waals surface area contributed by atoms with Crippen LogP contribution in [0.25, 0.3) is 0 Å². The summed E-state index contributed by atoms with van der Waals surface area (Å²) >= 11 is 0. The second-order valence-corrected chi connectivity index (χ2v) is 5.07. The molecule has 17 heavy (non-hydrogen) atoms. The molecule has 1 N–H and O–H groups in total. The van der Waals surface area contributed by atoms with Crippen molar-refractivity contribution in [2.24, 2.45) is 5.92 Å². The maximum atomic E-state index is 9.86. The molecule has 1 heterocycles. The van der Waals surface area contributed by atoms with Crippen LogP contribution in [-0.4, -0.2) is 37.1 Å². The molecule has 1 saturated heterocycles. The van der Waals surface area contributed by atoms with Crippen LogP contribution in [0.1, 0.15) is 52.4 Å². The fraction of sp³-hybridized carbons (Fsp3) is 1.00. The standard InChI is InChI=1S/C14H28O3/c1-3-5-7-12(4-2)10-16-11-13(15)14-8-6-9-17-14/h12-15H,3-11H2,1-2H3. The lowest BCUT2D eigenvalue weighted by Gasteiger charge is -2.20. The quantitative estimate of drug-likeness (QED) is 0.678. The van der Waals surface area contributed by atoms with Crippen molar-refractivity contribution in [3.05, 3.63) is 0 Å². The first-order valence-corrected chi connectivity index (χ1v) is 7.15. The van der Waals surface area contributed by atoms with Gasteiger partial charge in [0.25, 0.3) is 0 Å². The fourth-order valence-electron chi connectivity index (χ4n) is 2.27. The molecule has 0 saturated carbocycles. The van der Waals surface area contributed by atoms with Crippen molar-refractivity contribution >= 4 is 0 Å². The van der Waals surface area contributed by atoms with Gasteiger partial charge >= 0.3 is 0 Å². The summed E-state index contributed by atoms with van der Waals surface area (Å²) in [6.07, 6.45) is 6.52. The molecule has 0 aromatic rings. The van der Waals surface area contributed by atoms with Gasteiger partial charge in [-0.05, 0) is 25.2 Å². The highest BCUT2D eigenvalue weighted by Crippen LogP contribution is 2.17. The lowest BCUT2D eigenvalue weighted by molar-refractivity contribution is -0.0539. The van der Waals surface area contributed by atoms with Gasteiger partial charge in [0.05, 0.1) is 12.7 Å². The van der Waals surface area contributed by atoms with Crippen molar-refractivity contribution < 1.29 is 14.6 Å². The molecule has 1 aliphatic rings. The molecular weight excluding hydrogens is 216 g/mol. The van der Waals surface area contributed by atoms with E-state index in [1.165, 1.54) is 19.3 Å². The van der Waals surface area contributed by atoms with Gasteiger partial charge in [-0.3, -0.25) is 0 Å². The van der Waals surface area contributed by atoms with Crippen LogP contribution >= 0.6 is 0 Å². The highest BCUT2D eigenvalue weighted by Gasteiger charge is 2.24. The average Bonchev–Trinajstić information content (AvgIpc) is 2.87. The molecule has 102 valence electrons. The molecule has 0 bridgehead atoms. The summed E-state index contributed by atoms with van der Waals surface area (Å²) in [6, 6.07) is 0. The van der Waals surface area contributed by atoms with E-state index in [2.05, 4.69) is 13.8 Å². The Bertz CT molecular complexity index is 178. The van der Waals surface area contributed by atoms with Gasteiger partial charge in [0.2, 0.25) is 0 Å². The van der Waals surface area contributed by atoms with Gasteiger partial charge in [-0.25, -0.2) is 0 Å². The zero-order valence-corrected chi connectivity index (χ0v) is 11.4. The van der Waals surface area contributed by atoms with Gasteiger partial charge in [0.1, 0.15) is 6.10 Å². The molecule has 0 aromatic carbocycles. The largest absolute Gasteiger partial charge is 0.388 e. The Morgan fingerprint density at radius 3 is 2.76 bits per heavy atom. The van der Waals surface area contributed by atoms with E-state index in [0.717, 1.165) is 32.5 Å². The van der Waals surface area contributed by atoms with E-state index in [9.17, 15) is 5.11 Å². The van der Waals surface area contributed by atoms with Crippen LogP contribution in [0.3, 0.4) is 0 Å². The molecule has 0 spiro atoms.